The number of aromatic nitrogens is 2. The number of aromatic amines is 1. The number of pyridine rings is 2. The SMILES string of the molecule is CC.Cc1nc(Cl)c(F)c2[nH]c(=O)ccc12. The monoisotopic (exact) mass is 242 g/mol. The first-order valence-corrected chi connectivity index (χ1v) is 5.32. The molecule has 0 atom stereocenters. The second kappa shape index (κ2) is 5.07. The number of nitrogens with one attached hydrogen (secondary N) is 1. The molecule has 0 aliphatic heterocycles. The Hall–Kier alpha value is -1.42. The van der Waals surface area contributed by atoms with Crippen LogP contribution in [0, 0.1) is 12.7 Å². The summed E-state index contributed by atoms with van der Waals surface area (Å²) in [7, 11) is 0. The number of H-pyrrole nitrogens is 1. The molecule has 5 heteroatoms. The first-order chi connectivity index (χ1) is 7.59. The fourth-order valence-electron chi connectivity index (χ4n) is 1.31. The summed E-state index contributed by atoms with van der Waals surface area (Å²) in [5, 5.41) is 0.336. The summed E-state index contributed by atoms with van der Waals surface area (Å²) in [6, 6.07) is 2.85. The average molecular weight is 243 g/mol. The van der Waals surface area contributed by atoms with E-state index in [1.807, 2.05) is 13.8 Å². The molecule has 2 rings (SSSR count). The minimum atomic E-state index is -0.690. The first-order valence-electron chi connectivity index (χ1n) is 4.94. The Morgan fingerprint density at radius 2 is 2.00 bits per heavy atom. The van der Waals surface area contributed by atoms with Crippen molar-refractivity contribution >= 4 is 22.5 Å². The molecule has 16 heavy (non-hydrogen) atoms. The second-order valence-electron chi connectivity index (χ2n) is 2.91. The molecule has 0 fully saturated rings. The van der Waals surface area contributed by atoms with Gasteiger partial charge in [0.25, 0.3) is 0 Å². The molecule has 0 amide bonds. The molecule has 1 N–H and O–H groups in total. The molecule has 0 aliphatic carbocycles. The molecule has 0 saturated carbocycles. The normalized spacial score (nSPS) is 9.81. The molecule has 0 saturated heterocycles. The maximum Gasteiger partial charge on any atom is 0.248 e. The lowest BCUT2D eigenvalue weighted by atomic mass is 10.2. The van der Waals surface area contributed by atoms with Gasteiger partial charge in [0.15, 0.2) is 11.0 Å². The van der Waals surface area contributed by atoms with Crippen LogP contribution in [0.2, 0.25) is 5.15 Å². The van der Waals surface area contributed by atoms with Gasteiger partial charge in [-0.3, -0.25) is 4.79 Å². The van der Waals surface area contributed by atoms with Crippen molar-refractivity contribution < 1.29 is 4.39 Å². The molecule has 0 radical (unpaired) electrons. The molecular formula is C11H12ClFN2O. The zero-order chi connectivity index (χ0) is 12.3. The summed E-state index contributed by atoms with van der Waals surface area (Å²) < 4.78 is 13.4. The molecular weight excluding hydrogens is 231 g/mol. The molecule has 0 unspecified atom stereocenters. The van der Waals surface area contributed by atoms with E-state index in [0.29, 0.717) is 11.1 Å². The van der Waals surface area contributed by atoms with Gasteiger partial charge in [0.1, 0.15) is 0 Å². The van der Waals surface area contributed by atoms with Crippen LogP contribution in [-0.2, 0) is 0 Å². The van der Waals surface area contributed by atoms with Gasteiger partial charge in [0.2, 0.25) is 5.56 Å². The Morgan fingerprint density at radius 1 is 1.38 bits per heavy atom. The van der Waals surface area contributed by atoms with Gasteiger partial charge in [-0.15, -0.1) is 0 Å². The topological polar surface area (TPSA) is 45.8 Å². The van der Waals surface area contributed by atoms with Gasteiger partial charge in [-0.25, -0.2) is 9.37 Å². The number of hydrogen-bond acceptors (Lipinski definition) is 2. The summed E-state index contributed by atoms with van der Waals surface area (Å²) in [6.45, 7) is 5.70. The van der Waals surface area contributed by atoms with Crippen molar-refractivity contribution in [1.82, 2.24) is 9.97 Å². The maximum atomic E-state index is 13.4. The van der Waals surface area contributed by atoms with Crippen molar-refractivity contribution in [3.05, 3.63) is 39.2 Å². The zero-order valence-electron chi connectivity index (χ0n) is 9.27. The first kappa shape index (κ1) is 12.6. The van der Waals surface area contributed by atoms with E-state index in [1.165, 1.54) is 12.1 Å². The van der Waals surface area contributed by atoms with Gasteiger partial charge in [0, 0.05) is 17.1 Å². The van der Waals surface area contributed by atoms with Crippen molar-refractivity contribution in [2.75, 3.05) is 0 Å². The summed E-state index contributed by atoms with van der Waals surface area (Å²) in [6.07, 6.45) is 0. The zero-order valence-corrected chi connectivity index (χ0v) is 10.0. The van der Waals surface area contributed by atoms with E-state index in [0.717, 1.165) is 0 Å². The third kappa shape index (κ3) is 2.22. The van der Waals surface area contributed by atoms with E-state index in [4.69, 9.17) is 11.6 Å². The van der Waals surface area contributed by atoms with E-state index in [-0.39, 0.29) is 16.2 Å². The Kier molecular flexibility index (Phi) is 4.01. The summed E-state index contributed by atoms with van der Waals surface area (Å²) >= 11 is 5.54. The third-order valence-corrected chi connectivity index (χ3v) is 2.23. The van der Waals surface area contributed by atoms with Crippen LogP contribution >= 0.6 is 11.6 Å². The van der Waals surface area contributed by atoms with Crippen molar-refractivity contribution in [2.45, 2.75) is 20.8 Å². The minimum absolute atomic E-state index is 0.106. The van der Waals surface area contributed by atoms with Crippen LogP contribution in [0.4, 0.5) is 4.39 Å². The summed E-state index contributed by atoms with van der Waals surface area (Å²) in [4.78, 5) is 17.2. The molecule has 2 aromatic rings. The highest BCUT2D eigenvalue weighted by Crippen LogP contribution is 2.21. The van der Waals surface area contributed by atoms with E-state index < -0.39 is 5.82 Å². The summed E-state index contributed by atoms with van der Waals surface area (Å²) in [5.74, 6) is -0.690. The smallest absolute Gasteiger partial charge is 0.248 e. The number of fused-ring (bicyclic) bond motifs is 1. The van der Waals surface area contributed by atoms with Gasteiger partial charge in [-0.05, 0) is 13.0 Å². The van der Waals surface area contributed by atoms with Gasteiger partial charge >= 0.3 is 0 Å². The summed E-state index contributed by atoms with van der Waals surface area (Å²) in [5.41, 5.74) is 0.329. The molecule has 0 spiro atoms. The molecule has 2 aromatic heterocycles. The van der Waals surface area contributed by atoms with E-state index in [9.17, 15) is 9.18 Å². The Balaban J connectivity index is 0.000000606. The van der Waals surface area contributed by atoms with Crippen LogP contribution in [0.25, 0.3) is 10.9 Å². The third-order valence-electron chi connectivity index (χ3n) is 1.98. The lowest BCUT2D eigenvalue weighted by Gasteiger charge is -2.03. The fraction of sp³-hybridized carbons (Fsp3) is 0.273. The standard InChI is InChI=1S/C9H6ClFN2O.C2H6/c1-4-5-2-3-6(14)13-8(5)7(11)9(10)12-4;1-2/h2-3H,1H3,(H,13,14);1-2H3. The van der Waals surface area contributed by atoms with Gasteiger partial charge in [0.05, 0.1) is 5.52 Å². The predicted molar refractivity (Wildman–Crippen MR) is 63.4 cm³/mol. The minimum Gasteiger partial charge on any atom is -0.319 e. The van der Waals surface area contributed by atoms with Crippen LogP contribution in [0.3, 0.4) is 0 Å². The molecule has 86 valence electrons. The van der Waals surface area contributed by atoms with Crippen LogP contribution in [0.15, 0.2) is 16.9 Å². The lowest BCUT2D eigenvalue weighted by molar-refractivity contribution is 0.630. The van der Waals surface area contributed by atoms with Crippen molar-refractivity contribution in [1.29, 1.82) is 0 Å². The Labute approximate surface area is 97.3 Å². The number of rotatable bonds is 0. The van der Waals surface area contributed by atoms with Crippen molar-refractivity contribution in [2.24, 2.45) is 0 Å². The molecule has 0 aliphatic rings. The van der Waals surface area contributed by atoms with Crippen molar-refractivity contribution in [3.63, 3.8) is 0 Å². The van der Waals surface area contributed by atoms with Crippen LogP contribution in [-0.4, -0.2) is 9.97 Å². The predicted octanol–water partition coefficient (Wildman–Crippen LogP) is 3.05. The number of aryl methyl sites for hydroxylation is 1. The van der Waals surface area contributed by atoms with Crippen molar-refractivity contribution in [3.8, 4) is 0 Å². The Morgan fingerprint density at radius 3 is 2.62 bits per heavy atom. The second-order valence-corrected chi connectivity index (χ2v) is 3.27. The van der Waals surface area contributed by atoms with E-state index in [1.54, 1.807) is 6.92 Å². The quantitative estimate of drug-likeness (QED) is 0.722. The molecule has 2 heterocycles. The van der Waals surface area contributed by atoms with Gasteiger partial charge < -0.3 is 4.98 Å². The maximum absolute atomic E-state index is 13.4. The highest BCUT2D eigenvalue weighted by atomic mass is 35.5. The Bertz CT molecular complexity index is 566. The highest BCUT2D eigenvalue weighted by molar-refractivity contribution is 6.30. The van der Waals surface area contributed by atoms with E-state index >= 15 is 0 Å². The largest absolute Gasteiger partial charge is 0.319 e. The van der Waals surface area contributed by atoms with Crippen LogP contribution < -0.4 is 5.56 Å². The van der Waals surface area contributed by atoms with Gasteiger partial charge in [-0.2, -0.15) is 0 Å². The molecule has 3 nitrogen and oxygen atoms in total. The highest BCUT2D eigenvalue weighted by Gasteiger charge is 2.10. The molecule has 0 aromatic carbocycles. The average Bonchev–Trinajstić information content (AvgIpc) is 2.28. The van der Waals surface area contributed by atoms with E-state index in [2.05, 4.69) is 9.97 Å². The molecule has 0 bridgehead atoms. The number of hydrogen-bond donors (Lipinski definition) is 1. The number of halogens is 2. The van der Waals surface area contributed by atoms with Crippen LogP contribution in [0.5, 0.6) is 0 Å². The van der Waals surface area contributed by atoms with Crippen LogP contribution in [0.1, 0.15) is 19.5 Å². The number of nitrogens with zero attached hydrogens (tertiary/aromatic N) is 1. The fourth-order valence-corrected chi connectivity index (χ4v) is 1.53. The lowest BCUT2D eigenvalue weighted by Crippen LogP contribution is -2.05. The van der Waals surface area contributed by atoms with Gasteiger partial charge in [-0.1, -0.05) is 25.4 Å².